The molecule has 0 spiro atoms. The van der Waals surface area contributed by atoms with Crippen LogP contribution in [0.15, 0.2) is 53.5 Å². The first-order chi connectivity index (χ1) is 15.0. The van der Waals surface area contributed by atoms with Gasteiger partial charge in [-0.25, -0.2) is 4.98 Å². The maximum atomic E-state index is 5.98. The Morgan fingerprint density at radius 1 is 1.00 bits per heavy atom. The SMILES string of the molecule is Cc1ccc2nc(C=Cc3ccc(Cl)cc3)cc(NCCCCCCN=C(N)N)c2c1. The van der Waals surface area contributed by atoms with Crippen LogP contribution in [0.3, 0.4) is 0 Å². The van der Waals surface area contributed by atoms with Gasteiger partial charge in [0.25, 0.3) is 0 Å². The van der Waals surface area contributed by atoms with Crippen molar-refractivity contribution >= 4 is 46.3 Å². The molecule has 0 aliphatic rings. The highest BCUT2D eigenvalue weighted by Crippen LogP contribution is 2.25. The number of halogens is 1. The fourth-order valence-corrected chi connectivity index (χ4v) is 3.49. The zero-order chi connectivity index (χ0) is 22.1. The van der Waals surface area contributed by atoms with Gasteiger partial charge in [-0.2, -0.15) is 0 Å². The highest BCUT2D eigenvalue weighted by Gasteiger charge is 2.05. The molecule has 0 fully saturated rings. The summed E-state index contributed by atoms with van der Waals surface area (Å²) < 4.78 is 0. The molecule has 5 nitrogen and oxygen atoms in total. The molecule has 3 aromatic rings. The summed E-state index contributed by atoms with van der Waals surface area (Å²) in [7, 11) is 0. The van der Waals surface area contributed by atoms with Gasteiger partial charge >= 0.3 is 0 Å². The van der Waals surface area contributed by atoms with E-state index in [-0.39, 0.29) is 5.96 Å². The Kier molecular flexibility index (Phi) is 8.30. The molecule has 5 N–H and O–H groups in total. The van der Waals surface area contributed by atoms with Crippen LogP contribution in [0.5, 0.6) is 0 Å². The Hall–Kier alpha value is -3.05. The summed E-state index contributed by atoms with van der Waals surface area (Å²) in [6.07, 6.45) is 8.45. The maximum Gasteiger partial charge on any atom is 0.185 e. The van der Waals surface area contributed by atoms with Gasteiger partial charge in [0, 0.05) is 29.2 Å². The summed E-state index contributed by atoms with van der Waals surface area (Å²) in [5.74, 6) is 0.169. The average molecular weight is 436 g/mol. The Bertz CT molecular complexity index is 1050. The molecule has 0 atom stereocenters. The van der Waals surface area contributed by atoms with Gasteiger partial charge < -0.3 is 16.8 Å². The summed E-state index contributed by atoms with van der Waals surface area (Å²) in [5, 5.41) is 5.50. The molecule has 2 aromatic carbocycles. The average Bonchev–Trinajstić information content (AvgIpc) is 2.75. The number of hydrogen-bond acceptors (Lipinski definition) is 3. The lowest BCUT2D eigenvalue weighted by Gasteiger charge is -2.12. The van der Waals surface area contributed by atoms with Gasteiger partial charge in [-0.15, -0.1) is 0 Å². The van der Waals surface area contributed by atoms with E-state index in [2.05, 4.69) is 47.6 Å². The van der Waals surface area contributed by atoms with Crippen molar-refractivity contribution < 1.29 is 0 Å². The van der Waals surface area contributed by atoms with Gasteiger partial charge in [0.05, 0.1) is 11.2 Å². The molecule has 0 bridgehead atoms. The number of aromatic nitrogens is 1. The van der Waals surface area contributed by atoms with Crippen LogP contribution in [0.25, 0.3) is 23.1 Å². The first kappa shape index (κ1) is 22.6. The molecule has 3 rings (SSSR count). The van der Waals surface area contributed by atoms with Gasteiger partial charge in [0.1, 0.15) is 0 Å². The van der Waals surface area contributed by atoms with E-state index < -0.39 is 0 Å². The van der Waals surface area contributed by atoms with Gasteiger partial charge in [-0.1, -0.05) is 54.3 Å². The highest BCUT2D eigenvalue weighted by atomic mass is 35.5. The summed E-state index contributed by atoms with van der Waals surface area (Å²) in [4.78, 5) is 8.84. The number of aryl methyl sites for hydroxylation is 1. The molecule has 31 heavy (non-hydrogen) atoms. The van der Waals surface area contributed by atoms with Crippen LogP contribution >= 0.6 is 11.6 Å². The van der Waals surface area contributed by atoms with E-state index in [9.17, 15) is 0 Å². The highest BCUT2D eigenvalue weighted by molar-refractivity contribution is 6.30. The van der Waals surface area contributed by atoms with Gasteiger partial charge in [-0.3, -0.25) is 4.99 Å². The van der Waals surface area contributed by atoms with E-state index in [0.29, 0.717) is 6.54 Å². The van der Waals surface area contributed by atoms with Crippen LogP contribution in [0, 0.1) is 6.92 Å². The molecule has 1 heterocycles. The first-order valence-corrected chi connectivity index (χ1v) is 11.0. The topological polar surface area (TPSA) is 89.3 Å². The number of nitrogens with one attached hydrogen (secondary N) is 1. The standard InChI is InChI=1S/C25H30ClN5/c1-18-6-13-23-22(16-18)24(29-14-4-2-3-5-15-30-25(27)28)17-21(31-23)12-9-19-7-10-20(26)11-8-19/h6-13,16-17H,2-5,14-15H2,1H3,(H,29,31)(H4,27,28,30). The van der Waals surface area contributed by atoms with Gasteiger partial charge in [-0.05, 0) is 61.7 Å². The lowest BCUT2D eigenvalue weighted by molar-refractivity contribution is 0.662. The van der Waals surface area contributed by atoms with Crippen LogP contribution in [0.2, 0.25) is 5.02 Å². The second-order valence-electron chi connectivity index (χ2n) is 7.65. The molecule has 1 aromatic heterocycles. The van der Waals surface area contributed by atoms with Crippen molar-refractivity contribution in [2.24, 2.45) is 16.5 Å². The molecule has 162 valence electrons. The Balaban J connectivity index is 1.66. The van der Waals surface area contributed by atoms with E-state index in [1.165, 1.54) is 5.56 Å². The molecule has 0 saturated carbocycles. The maximum absolute atomic E-state index is 5.98. The Morgan fingerprint density at radius 2 is 1.77 bits per heavy atom. The number of unbranched alkanes of at least 4 members (excludes halogenated alkanes) is 3. The number of nitrogens with two attached hydrogens (primary N) is 2. The number of guanidine groups is 1. The number of fused-ring (bicyclic) bond motifs is 1. The molecule has 6 heteroatoms. The molecule has 0 aliphatic heterocycles. The number of anilines is 1. The second kappa shape index (κ2) is 11.4. The quantitative estimate of drug-likeness (QED) is 0.219. The smallest absolute Gasteiger partial charge is 0.185 e. The lowest BCUT2D eigenvalue weighted by Crippen LogP contribution is -2.22. The first-order valence-electron chi connectivity index (χ1n) is 10.7. The van der Waals surface area contributed by atoms with Crippen molar-refractivity contribution in [3.05, 3.63) is 70.4 Å². The van der Waals surface area contributed by atoms with Crippen molar-refractivity contribution in [1.82, 2.24) is 4.98 Å². The second-order valence-corrected chi connectivity index (χ2v) is 8.08. The van der Waals surface area contributed by atoms with Crippen molar-refractivity contribution in [2.75, 3.05) is 18.4 Å². The molecule has 0 radical (unpaired) electrons. The third kappa shape index (κ3) is 7.30. The molecule has 0 amide bonds. The van der Waals surface area contributed by atoms with Crippen LogP contribution in [0.4, 0.5) is 5.69 Å². The normalized spacial score (nSPS) is 11.2. The fraction of sp³-hybridized carbons (Fsp3) is 0.280. The predicted octanol–water partition coefficient (Wildman–Crippen LogP) is 5.61. The van der Waals surface area contributed by atoms with E-state index in [0.717, 1.165) is 65.1 Å². The van der Waals surface area contributed by atoms with E-state index in [4.69, 9.17) is 28.1 Å². The molecule has 0 aliphatic carbocycles. The fourth-order valence-electron chi connectivity index (χ4n) is 3.37. The third-order valence-corrected chi connectivity index (χ3v) is 5.25. The van der Waals surface area contributed by atoms with Gasteiger partial charge in [0.2, 0.25) is 0 Å². The summed E-state index contributed by atoms with van der Waals surface area (Å²) in [6.45, 7) is 3.72. The predicted molar refractivity (Wildman–Crippen MR) is 134 cm³/mol. The van der Waals surface area contributed by atoms with Crippen molar-refractivity contribution in [3.8, 4) is 0 Å². The largest absolute Gasteiger partial charge is 0.384 e. The number of aliphatic imine (C=N–C) groups is 1. The van der Waals surface area contributed by atoms with E-state index in [1.54, 1.807) is 0 Å². The lowest BCUT2D eigenvalue weighted by atomic mass is 10.1. The third-order valence-electron chi connectivity index (χ3n) is 5.00. The monoisotopic (exact) mass is 435 g/mol. The Labute approximate surface area is 189 Å². The van der Waals surface area contributed by atoms with Crippen LogP contribution in [-0.4, -0.2) is 24.0 Å². The molecular formula is C25H30ClN5. The van der Waals surface area contributed by atoms with E-state index >= 15 is 0 Å². The van der Waals surface area contributed by atoms with Crippen molar-refractivity contribution in [1.29, 1.82) is 0 Å². The number of hydrogen-bond donors (Lipinski definition) is 3. The number of pyridine rings is 1. The minimum absolute atomic E-state index is 0.169. The number of benzene rings is 2. The zero-order valence-electron chi connectivity index (χ0n) is 17.9. The minimum atomic E-state index is 0.169. The Morgan fingerprint density at radius 3 is 2.55 bits per heavy atom. The summed E-state index contributed by atoms with van der Waals surface area (Å²) >= 11 is 5.98. The van der Waals surface area contributed by atoms with Gasteiger partial charge in [0.15, 0.2) is 5.96 Å². The summed E-state index contributed by atoms with van der Waals surface area (Å²) in [5.41, 5.74) is 16.0. The van der Waals surface area contributed by atoms with Crippen LogP contribution in [0.1, 0.15) is 42.5 Å². The van der Waals surface area contributed by atoms with Crippen LogP contribution < -0.4 is 16.8 Å². The minimum Gasteiger partial charge on any atom is -0.384 e. The van der Waals surface area contributed by atoms with Crippen molar-refractivity contribution in [2.45, 2.75) is 32.6 Å². The zero-order valence-corrected chi connectivity index (χ0v) is 18.7. The molecular weight excluding hydrogens is 406 g/mol. The van der Waals surface area contributed by atoms with Crippen molar-refractivity contribution in [3.63, 3.8) is 0 Å². The van der Waals surface area contributed by atoms with Crippen LogP contribution in [-0.2, 0) is 0 Å². The van der Waals surface area contributed by atoms with E-state index in [1.807, 2.05) is 30.3 Å². The number of rotatable bonds is 10. The molecule has 0 unspecified atom stereocenters. The molecule has 0 saturated heterocycles. The summed E-state index contributed by atoms with van der Waals surface area (Å²) in [6, 6.07) is 16.3. The number of nitrogens with zero attached hydrogens (tertiary/aromatic N) is 2.